The molecule has 0 unspecified atom stereocenters. The fraction of sp³-hybridized carbons (Fsp3) is 0.136. The maximum Gasteiger partial charge on any atom is 0.274 e. The molecule has 2 aromatic carbocycles. The largest absolute Gasteiger partial charge is 0.320 e. The molecule has 1 heterocycles. The van der Waals surface area contributed by atoms with Gasteiger partial charge in [0.15, 0.2) is 0 Å². The van der Waals surface area contributed by atoms with Crippen LogP contribution in [-0.2, 0) is 0 Å². The van der Waals surface area contributed by atoms with Crippen LogP contribution in [0.25, 0.3) is 0 Å². The third-order valence-electron chi connectivity index (χ3n) is 4.29. The van der Waals surface area contributed by atoms with E-state index in [1.54, 1.807) is 6.07 Å². The third-order valence-corrected chi connectivity index (χ3v) is 4.29. The van der Waals surface area contributed by atoms with Crippen molar-refractivity contribution < 1.29 is 14.0 Å². The second kappa shape index (κ2) is 8.00. The number of halogens is 1. The summed E-state index contributed by atoms with van der Waals surface area (Å²) >= 11 is 0. The number of hydrogen-bond acceptors (Lipinski definition) is 3. The molecular formula is C22H20FN3O2. The van der Waals surface area contributed by atoms with Gasteiger partial charge >= 0.3 is 0 Å². The molecular weight excluding hydrogens is 357 g/mol. The molecule has 2 N–H and O–H groups in total. The number of aromatic nitrogens is 1. The van der Waals surface area contributed by atoms with Gasteiger partial charge in [0.05, 0.1) is 5.69 Å². The Morgan fingerprint density at radius 3 is 2.25 bits per heavy atom. The Bertz CT molecular complexity index is 1040. The molecule has 0 radical (unpaired) electrons. The molecule has 0 aliphatic rings. The van der Waals surface area contributed by atoms with Crippen LogP contribution in [0.3, 0.4) is 0 Å². The molecule has 0 spiro atoms. The Balaban J connectivity index is 1.80. The zero-order valence-electron chi connectivity index (χ0n) is 15.8. The van der Waals surface area contributed by atoms with E-state index in [9.17, 15) is 14.0 Å². The number of benzene rings is 2. The van der Waals surface area contributed by atoms with Crippen LogP contribution in [0.1, 0.15) is 37.5 Å². The molecule has 0 aliphatic heterocycles. The number of nitrogens with zero attached hydrogens (tertiary/aromatic N) is 1. The third kappa shape index (κ3) is 4.23. The minimum atomic E-state index is -0.534. The van der Waals surface area contributed by atoms with Gasteiger partial charge in [-0.1, -0.05) is 29.8 Å². The van der Waals surface area contributed by atoms with Crippen LogP contribution in [0.5, 0.6) is 0 Å². The van der Waals surface area contributed by atoms with Gasteiger partial charge in [-0.15, -0.1) is 0 Å². The highest BCUT2D eigenvalue weighted by atomic mass is 19.1. The van der Waals surface area contributed by atoms with Crippen molar-refractivity contribution in [3.8, 4) is 0 Å². The lowest BCUT2D eigenvalue weighted by molar-refractivity contribution is 0.102. The molecule has 0 atom stereocenters. The van der Waals surface area contributed by atoms with Crippen LogP contribution in [-0.4, -0.2) is 16.8 Å². The predicted octanol–water partition coefficient (Wildman–Crippen LogP) is 4.65. The van der Waals surface area contributed by atoms with Gasteiger partial charge in [-0.25, -0.2) is 4.39 Å². The van der Waals surface area contributed by atoms with Crippen LogP contribution in [0.2, 0.25) is 0 Å². The predicted molar refractivity (Wildman–Crippen MR) is 107 cm³/mol. The van der Waals surface area contributed by atoms with E-state index in [2.05, 4.69) is 15.6 Å². The number of aryl methyl sites for hydroxylation is 3. The number of carbonyl (C=O) groups excluding carboxylic acids is 2. The van der Waals surface area contributed by atoms with E-state index in [1.807, 2.05) is 32.9 Å². The van der Waals surface area contributed by atoms with Crippen LogP contribution in [0.15, 0.2) is 54.7 Å². The zero-order valence-corrected chi connectivity index (χ0v) is 15.8. The standard InChI is InChI=1S/C22H20FN3O2/c1-13-10-14(2)20(15(3)11-13)26-22(28)19-12-16(8-9-24-19)21(27)25-18-7-5-4-6-17(18)23/h4-12H,1-3H3,(H,25,27)(H,26,28). The van der Waals surface area contributed by atoms with Gasteiger partial charge in [-0.3, -0.25) is 14.6 Å². The topological polar surface area (TPSA) is 71.1 Å². The Hall–Kier alpha value is -3.54. The molecule has 1 aromatic heterocycles. The average molecular weight is 377 g/mol. The molecule has 0 saturated carbocycles. The van der Waals surface area contributed by atoms with E-state index in [0.717, 1.165) is 22.4 Å². The Morgan fingerprint density at radius 1 is 0.893 bits per heavy atom. The highest BCUT2D eigenvalue weighted by Crippen LogP contribution is 2.22. The van der Waals surface area contributed by atoms with Crippen LogP contribution in [0.4, 0.5) is 15.8 Å². The summed E-state index contributed by atoms with van der Waals surface area (Å²) < 4.78 is 13.7. The number of para-hydroxylation sites is 1. The molecule has 6 heteroatoms. The molecule has 0 aliphatic carbocycles. The molecule has 3 rings (SSSR count). The molecule has 0 saturated heterocycles. The summed E-state index contributed by atoms with van der Waals surface area (Å²) in [6.45, 7) is 5.83. The van der Waals surface area contributed by atoms with Gasteiger partial charge in [0, 0.05) is 17.4 Å². The number of carbonyl (C=O) groups is 2. The average Bonchev–Trinajstić information content (AvgIpc) is 2.66. The minimum absolute atomic E-state index is 0.0706. The van der Waals surface area contributed by atoms with E-state index < -0.39 is 17.6 Å². The Labute approximate surface area is 162 Å². The first-order valence-corrected chi connectivity index (χ1v) is 8.76. The molecule has 142 valence electrons. The number of anilines is 2. The summed E-state index contributed by atoms with van der Waals surface area (Å²) in [5.74, 6) is -1.48. The van der Waals surface area contributed by atoms with Gasteiger partial charge in [0.1, 0.15) is 11.5 Å². The number of hydrogen-bond donors (Lipinski definition) is 2. The van der Waals surface area contributed by atoms with E-state index in [-0.39, 0.29) is 16.9 Å². The van der Waals surface area contributed by atoms with Crippen molar-refractivity contribution in [3.05, 3.63) is 88.5 Å². The van der Waals surface area contributed by atoms with E-state index in [0.29, 0.717) is 0 Å². The van der Waals surface area contributed by atoms with Crippen molar-refractivity contribution in [3.63, 3.8) is 0 Å². The zero-order chi connectivity index (χ0) is 20.3. The Kier molecular flexibility index (Phi) is 5.49. The molecule has 28 heavy (non-hydrogen) atoms. The molecule has 2 amide bonds. The summed E-state index contributed by atoms with van der Waals surface area (Å²) in [5.41, 5.74) is 4.10. The van der Waals surface area contributed by atoms with Crippen LogP contribution in [0, 0.1) is 26.6 Å². The summed E-state index contributed by atoms with van der Waals surface area (Å²) in [5, 5.41) is 5.35. The second-order valence-electron chi connectivity index (χ2n) is 6.59. The highest BCUT2D eigenvalue weighted by Gasteiger charge is 2.15. The van der Waals surface area contributed by atoms with Gasteiger partial charge in [0.2, 0.25) is 0 Å². The van der Waals surface area contributed by atoms with Crippen molar-refractivity contribution in [2.24, 2.45) is 0 Å². The van der Waals surface area contributed by atoms with Gasteiger partial charge < -0.3 is 10.6 Å². The summed E-state index contributed by atoms with van der Waals surface area (Å²) in [6.07, 6.45) is 1.38. The summed E-state index contributed by atoms with van der Waals surface area (Å²) in [6, 6.07) is 12.7. The summed E-state index contributed by atoms with van der Waals surface area (Å²) in [7, 11) is 0. The quantitative estimate of drug-likeness (QED) is 0.695. The fourth-order valence-corrected chi connectivity index (χ4v) is 3.01. The number of rotatable bonds is 4. The molecule has 3 aromatic rings. The Morgan fingerprint density at radius 2 is 1.57 bits per heavy atom. The van der Waals surface area contributed by atoms with Crippen molar-refractivity contribution in [2.75, 3.05) is 10.6 Å². The number of amides is 2. The van der Waals surface area contributed by atoms with Crippen LogP contribution >= 0.6 is 0 Å². The number of pyridine rings is 1. The second-order valence-corrected chi connectivity index (χ2v) is 6.59. The van der Waals surface area contributed by atoms with E-state index in [4.69, 9.17) is 0 Å². The van der Waals surface area contributed by atoms with Crippen molar-refractivity contribution in [1.29, 1.82) is 0 Å². The minimum Gasteiger partial charge on any atom is -0.320 e. The van der Waals surface area contributed by atoms with E-state index >= 15 is 0 Å². The molecule has 0 fully saturated rings. The van der Waals surface area contributed by atoms with Crippen molar-refractivity contribution in [1.82, 2.24) is 4.98 Å². The van der Waals surface area contributed by atoms with Gasteiger partial charge in [-0.05, 0) is 56.2 Å². The molecule has 5 nitrogen and oxygen atoms in total. The fourth-order valence-electron chi connectivity index (χ4n) is 3.01. The monoisotopic (exact) mass is 377 g/mol. The van der Waals surface area contributed by atoms with Gasteiger partial charge in [-0.2, -0.15) is 0 Å². The maximum atomic E-state index is 13.7. The SMILES string of the molecule is Cc1cc(C)c(NC(=O)c2cc(C(=O)Nc3ccccc3F)ccn2)c(C)c1. The lowest BCUT2D eigenvalue weighted by Crippen LogP contribution is -2.18. The van der Waals surface area contributed by atoms with E-state index in [1.165, 1.54) is 36.5 Å². The van der Waals surface area contributed by atoms with Gasteiger partial charge in [0.25, 0.3) is 11.8 Å². The van der Waals surface area contributed by atoms with Crippen molar-refractivity contribution in [2.45, 2.75) is 20.8 Å². The maximum absolute atomic E-state index is 13.7. The van der Waals surface area contributed by atoms with Crippen LogP contribution < -0.4 is 10.6 Å². The summed E-state index contributed by atoms with van der Waals surface area (Å²) in [4.78, 5) is 29.1. The number of nitrogens with one attached hydrogen (secondary N) is 2. The first kappa shape index (κ1) is 19.2. The highest BCUT2D eigenvalue weighted by molar-refractivity contribution is 6.08. The first-order chi connectivity index (χ1) is 13.3. The lowest BCUT2D eigenvalue weighted by Gasteiger charge is -2.13. The van der Waals surface area contributed by atoms with Crippen molar-refractivity contribution >= 4 is 23.2 Å². The molecule has 0 bridgehead atoms. The lowest BCUT2D eigenvalue weighted by atomic mass is 10.0. The first-order valence-electron chi connectivity index (χ1n) is 8.76. The smallest absolute Gasteiger partial charge is 0.274 e. The normalized spacial score (nSPS) is 10.4.